The highest BCUT2D eigenvalue weighted by molar-refractivity contribution is 5.53. The zero-order chi connectivity index (χ0) is 18.6. The molecule has 0 saturated heterocycles. The number of H-pyrrole nitrogens is 1. The Hall–Kier alpha value is -2.99. The third kappa shape index (κ3) is 3.75. The van der Waals surface area contributed by atoms with E-state index in [9.17, 15) is 4.79 Å². The first-order valence-corrected chi connectivity index (χ1v) is 9.20. The standard InChI is InChI=1S/C21H22N4O2/c1-2-27-19-8-4-3-6-16(19)13-25-11-9-18-17(14-25)21(26)24-20(23-18)15-7-5-10-22-12-15/h3-8,10,12H,2,9,11,13-14H2,1H3,(H,23,24,26). The zero-order valence-electron chi connectivity index (χ0n) is 15.3. The Bertz CT molecular complexity index is 985. The smallest absolute Gasteiger partial charge is 0.255 e. The van der Waals surface area contributed by atoms with Gasteiger partial charge in [-0.3, -0.25) is 14.7 Å². The Morgan fingerprint density at radius 1 is 1.22 bits per heavy atom. The van der Waals surface area contributed by atoms with Crippen molar-refractivity contribution in [3.05, 3.63) is 76.0 Å². The van der Waals surface area contributed by atoms with Crippen molar-refractivity contribution in [3.8, 4) is 17.1 Å². The maximum absolute atomic E-state index is 12.7. The van der Waals surface area contributed by atoms with Gasteiger partial charge < -0.3 is 9.72 Å². The second-order valence-corrected chi connectivity index (χ2v) is 6.58. The molecule has 6 heteroatoms. The van der Waals surface area contributed by atoms with E-state index in [1.165, 1.54) is 0 Å². The summed E-state index contributed by atoms with van der Waals surface area (Å²) >= 11 is 0. The van der Waals surface area contributed by atoms with Crippen LogP contribution in [0.5, 0.6) is 5.75 Å². The second-order valence-electron chi connectivity index (χ2n) is 6.58. The number of hydrogen-bond donors (Lipinski definition) is 1. The molecule has 0 saturated carbocycles. The summed E-state index contributed by atoms with van der Waals surface area (Å²) in [5.41, 5.74) is 3.53. The van der Waals surface area contributed by atoms with Crippen LogP contribution in [0, 0.1) is 0 Å². The highest BCUT2D eigenvalue weighted by atomic mass is 16.5. The van der Waals surface area contributed by atoms with Gasteiger partial charge in [-0.25, -0.2) is 4.98 Å². The number of nitrogens with zero attached hydrogens (tertiary/aromatic N) is 3. The number of rotatable bonds is 5. The number of aromatic nitrogens is 3. The molecule has 1 aliphatic heterocycles. The summed E-state index contributed by atoms with van der Waals surface area (Å²) in [6.45, 7) is 4.82. The van der Waals surface area contributed by atoms with E-state index < -0.39 is 0 Å². The monoisotopic (exact) mass is 362 g/mol. The number of para-hydroxylation sites is 1. The van der Waals surface area contributed by atoms with E-state index in [0.29, 0.717) is 19.0 Å². The third-order valence-electron chi connectivity index (χ3n) is 4.75. The van der Waals surface area contributed by atoms with Crippen LogP contribution in [0.25, 0.3) is 11.4 Å². The van der Waals surface area contributed by atoms with Crippen molar-refractivity contribution in [2.24, 2.45) is 0 Å². The fourth-order valence-corrected chi connectivity index (χ4v) is 3.43. The van der Waals surface area contributed by atoms with Crippen LogP contribution >= 0.6 is 0 Å². The third-order valence-corrected chi connectivity index (χ3v) is 4.75. The van der Waals surface area contributed by atoms with Crippen LogP contribution in [-0.4, -0.2) is 33.0 Å². The van der Waals surface area contributed by atoms with E-state index in [1.54, 1.807) is 12.4 Å². The first-order valence-electron chi connectivity index (χ1n) is 9.20. The molecule has 3 aromatic rings. The van der Waals surface area contributed by atoms with E-state index in [-0.39, 0.29) is 5.56 Å². The zero-order valence-corrected chi connectivity index (χ0v) is 15.3. The molecule has 0 radical (unpaired) electrons. The predicted octanol–water partition coefficient (Wildman–Crippen LogP) is 2.79. The average Bonchev–Trinajstić information content (AvgIpc) is 2.71. The van der Waals surface area contributed by atoms with Gasteiger partial charge in [-0.1, -0.05) is 18.2 Å². The van der Waals surface area contributed by atoms with Crippen LogP contribution in [0.3, 0.4) is 0 Å². The molecule has 0 unspecified atom stereocenters. The Morgan fingerprint density at radius 3 is 2.93 bits per heavy atom. The summed E-state index contributed by atoms with van der Waals surface area (Å²) in [7, 11) is 0. The molecular weight excluding hydrogens is 340 g/mol. The number of ether oxygens (including phenoxy) is 1. The molecule has 1 N–H and O–H groups in total. The summed E-state index contributed by atoms with van der Waals surface area (Å²) in [6, 6.07) is 11.8. The van der Waals surface area contributed by atoms with E-state index in [1.807, 2.05) is 37.3 Å². The van der Waals surface area contributed by atoms with Crippen molar-refractivity contribution in [2.45, 2.75) is 26.4 Å². The van der Waals surface area contributed by atoms with Crippen molar-refractivity contribution in [1.82, 2.24) is 19.9 Å². The second kappa shape index (κ2) is 7.72. The van der Waals surface area contributed by atoms with Crippen LogP contribution in [0.15, 0.2) is 53.6 Å². The van der Waals surface area contributed by atoms with Crippen LogP contribution < -0.4 is 10.3 Å². The Labute approximate surface area is 157 Å². The molecule has 0 bridgehead atoms. The van der Waals surface area contributed by atoms with Crippen molar-refractivity contribution >= 4 is 0 Å². The summed E-state index contributed by atoms with van der Waals surface area (Å²) in [5.74, 6) is 1.49. The molecule has 0 amide bonds. The Kier molecular flexibility index (Phi) is 4.98. The Morgan fingerprint density at radius 2 is 2.11 bits per heavy atom. The Balaban J connectivity index is 1.57. The lowest BCUT2D eigenvalue weighted by Gasteiger charge is -2.28. The molecule has 1 aliphatic rings. The van der Waals surface area contributed by atoms with Crippen molar-refractivity contribution < 1.29 is 4.74 Å². The number of benzene rings is 1. The van der Waals surface area contributed by atoms with Gasteiger partial charge in [-0.2, -0.15) is 0 Å². The molecule has 138 valence electrons. The minimum atomic E-state index is -0.0679. The van der Waals surface area contributed by atoms with E-state index in [0.717, 1.165) is 47.6 Å². The maximum atomic E-state index is 12.7. The lowest BCUT2D eigenvalue weighted by Crippen LogP contribution is -2.35. The fourth-order valence-electron chi connectivity index (χ4n) is 3.43. The van der Waals surface area contributed by atoms with E-state index in [4.69, 9.17) is 4.74 Å². The molecule has 0 aliphatic carbocycles. The first kappa shape index (κ1) is 17.4. The van der Waals surface area contributed by atoms with Gasteiger partial charge in [0.15, 0.2) is 0 Å². The van der Waals surface area contributed by atoms with Crippen molar-refractivity contribution in [2.75, 3.05) is 13.2 Å². The van der Waals surface area contributed by atoms with Gasteiger partial charge in [0.25, 0.3) is 5.56 Å². The van der Waals surface area contributed by atoms with Gasteiger partial charge in [0.05, 0.1) is 17.9 Å². The first-order chi connectivity index (χ1) is 13.2. The largest absolute Gasteiger partial charge is 0.494 e. The van der Waals surface area contributed by atoms with Gasteiger partial charge in [0, 0.05) is 49.6 Å². The average molecular weight is 362 g/mol. The summed E-state index contributed by atoms with van der Waals surface area (Å²) in [5, 5.41) is 0. The highest BCUT2D eigenvalue weighted by Gasteiger charge is 2.22. The number of aromatic amines is 1. The van der Waals surface area contributed by atoms with Crippen LogP contribution in [-0.2, 0) is 19.5 Å². The molecule has 4 rings (SSSR count). The maximum Gasteiger partial charge on any atom is 0.255 e. The number of hydrogen-bond acceptors (Lipinski definition) is 5. The highest BCUT2D eigenvalue weighted by Crippen LogP contribution is 2.23. The van der Waals surface area contributed by atoms with Gasteiger partial charge in [-0.05, 0) is 25.1 Å². The van der Waals surface area contributed by atoms with Crippen LogP contribution in [0.2, 0.25) is 0 Å². The van der Waals surface area contributed by atoms with E-state index >= 15 is 0 Å². The fraction of sp³-hybridized carbons (Fsp3) is 0.286. The topological polar surface area (TPSA) is 71.1 Å². The molecular formula is C21H22N4O2. The SMILES string of the molecule is CCOc1ccccc1CN1CCc2nc(-c3cccnc3)[nH]c(=O)c2C1. The van der Waals surface area contributed by atoms with E-state index in [2.05, 4.69) is 25.9 Å². The molecule has 0 atom stereocenters. The van der Waals surface area contributed by atoms with Crippen molar-refractivity contribution in [1.29, 1.82) is 0 Å². The molecule has 0 fully saturated rings. The van der Waals surface area contributed by atoms with Gasteiger partial charge >= 0.3 is 0 Å². The van der Waals surface area contributed by atoms with Gasteiger partial charge in [0.2, 0.25) is 0 Å². The lowest BCUT2D eigenvalue weighted by molar-refractivity contribution is 0.236. The van der Waals surface area contributed by atoms with Gasteiger partial charge in [-0.15, -0.1) is 0 Å². The van der Waals surface area contributed by atoms with Crippen LogP contribution in [0.4, 0.5) is 0 Å². The minimum Gasteiger partial charge on any atom is -0.494 e. The molecule has 6 nitrogen and oxygen atoms in total. The lowest BCUT2D eigenvalue weighted by atomic mass is 10.1. The molecule has 1 aromatic carbocycles. The summed E-state index contributed by atoms with van der Waals surface area (Å²) in [4.78, 5) is 26.6. The number of nitrogens with one attached hydrogen (secondary N) is 1. The number of fused-ring (bicyclic) bond motifs is 1. The number of pyridine rings is 1. The summed E-state index contributed by atoms with van der Waals surface area (Å²) < 4.78 is 5.72. The molecule has 0 spiro atoms. The molecule has 3 heterocycles. The van der Waals surface area contributed by atoms with Crippen molar-refractivity contribution in [3.63, 3.8) is 0 Å². The van der Waals surface area contributed by atoms with Crippen LogP contribution in [0.1, 0.15) is 23.7 Å². The summed E-state index contributed by atoms with van der Waals surface area (Å²) in [6.07, 6.45) is 4.17. The molecule has 27 heavy (non-hydrogen) atoms. The van der Waals surface area contributed by atoms with Gasteiger partial charge in [0.1, 0.15) is 11.6 Å². The molecule has 2 aromatic heterocycles. The minimum absolute atomic E-state index is 0.0679. The normalized spacial score (nSPS) is 14.0. The quantitative estimate of drug-likeness (QED) is 0.756. The predicted molar refractivity (Wildman–Crippen MR) is 104 cm³/mol.